The van der Waals surface area contributed by atoms with E-state index in [0.29, 0.717) is 6.54 Å². The van der Waals surface area contributed by atoms with Crippen LogP contribution in [0.3, 0.4) is 0 Å². The molecule has 0 saturated carbocycles. The van der Waals surface area contributed by atoms with E-state index in [0.717, 1.165) is 13.0 Å². The average Bonchev–Trinajstić information content (AvgIpc) is 3.10. The van der Waals surface area contributed by atoms with E-state index in [4.69, 9.17) is 0 Å². The Labute approximate surface area is 128 Å². The predicted octanol–water partition coefficient (Wildman–Crippen LogP) is 1.12. The van der Waals surface area contributed by atoms with Crippen LogP contribution in [-0.2, 0) is 0 Å². The normalized spacial score (nSPS) is 17.2. The second kappa shape index (κ2) is 6.44. The highest BCUT2D eigenvalue weighted by molar-refractivity contribution is 6.09. The molecule has 1 atom stereocenters. The maximum Gasteiger partial charge on any atom is 0.279 e. The number of rotatable bonds is 3. The van der Waals surface area contributed by atoms with Gasteiger partial charge in [0, 0.05) is 18.9 Å². The summed E-state index contributed by atoms with van der Waals surface area (Å²) in [5, 5.41) is 3.18. The van der Waals surface area contributed by atoms with Crippen molar-refractivity contribution >= 4 is 11.8 Å². The van der Waals surface area contributed by atoms with Gasteiger partial charge in [-0.25, -0.2) is 0 Å². The van der Waals surface area contributed by atoms with Crippen LogP contribution in [0, 0.1) is 0 Å². The molecule has 1 saturated heterocycles. The van der Waals surface area contributed by atoms with Gasteiger partial charge in [0.15, 0.2) is 0 Å². The molecule has 0 aromatic carbocycles. The van der Waals surface area contributed by atoms with E-state index in [2.05, 4.69) is 15.3 Å². The van der Waals surface area contributed by atoms with Gasteiger partial charge in [-0.05, 0) is 37.2 Å². The first-order chi connectivity index (χ1) is 10.8. The average molecular weight is 296 g/mol. The molecule has 1 N–H and O–H groups in total. The SMILES string of the molecule is O=C(c1ccccn1)N(C(=O)c1ccccn1)C1CCNC1. The van der Waals surface area contributed by atoms with Gasteiger partial charge in [-0.2, -0.15) is 0 Å². The van der Waals surface area contributed by atoms with Gasteiger partial charge in [-0.1, -0.05) is 12.1 Å². The molecule has 2 amide bonds. The van der Waals surface area contributed by atoms with Crippen LogP contribution in [0.25, 0.3) is 0 Å². The van der Waals surface area contributed by atoms with Crippen LogP contribution >= 0.6 is 0 Å². The van der Waals surface area contributed by atoms with Gasteiger partial charge in [0.25, 0.3) is 11.8 Å². The van der Waals surface area contributed by atoms with Gasteiger partial charge in [-0.15, -0.1) is 0 Å². The second-order valence-corrected chi connectivity index (χ2v) is 5.06. The molecule has 2 aromatic rings. The predicted molar refractivity (Wildman–Crippen MR) is 80.2 cm³/mol. The summed E-state index contributed by atoms with van der Waals surface area (Å²) in [5.74, 6) is -0.769. The Bertz CT molecular complexity index is 603. The second-order valence-electron chi connectivity index (χ2n) is 5.06. The zero-order valence-corrected chi connectivity index (χ0v) is 12.0. The Morgan fingerprint density at radius 2 is 1.59 bits per heavy atom. The highest BCUT2D eigenvalue weighted by atomic mass is 16.2. The number of hydrogen-bond acceptors (Lipinski definition) is 5. The number of aromatic nitrogens is 2. The molecule has 6 heteroatoms. The molecule has 1 fully saturated rings. The molecule has 1 unspecified atom stereocenters. The van der Waals surface area contributed by atoms with Crippen LogP contribution in [0.4, 0.5) is 0 Å². The lowest BCUT2D eigenvalue weighted by molar-refractivity contribution is 0.0550. The minimum absolute atomic E-state index is 0.177. The topological polar surface area (TPSA) is 75.2 Å². The largest absolute Gasteiger partial charge is 0.315 e. The molecule has 2 aromatic heterocycles. The molecule has 0 bridgehead atoms. The lowest BCUT2D eigenvalue weighted by atomic mass is 10.1. The molecule has 1 aliphatic heterocycles. The van der Waals surface area contributed by atoms with Crippen molar-refractivity contribution in [2.75, 3.05) is 13.1 Å². The van der Waals surface area contributed by atoms with Crippen LogP contribution in [0.1, 0.15) is 27.4 Å². The third-order valence-electron chi connectivity index (χ3n) is 3.61. The van der Waals surface area contributed by atoms with Crippen molar-refractivity contribution in [1.29, 1.82) is 0 Å². The van der Waals surface area contributed by atoms with Crippen molar-refractivity contribution in [2.45, 2.75) is 12.5 Å². The number of pyridine rings is 2. The molecule has 1 aliphatic rings. The minimum atomic E-state index is -0.384. The summed E-state index contributed by atoms with van der Waals surface area (Å²) in [6, 6.07) is 9.99. The van der Waals surface area contributed by atoms with Crippen molar-refractivity contribution < 1.29 is 9.59 Å². The number of hydrogen-bond donors (Lipinski definition) is 1. The zero-order valence-electron chi connectivity index (χ0n) is 12.0. The minimum Gasteiger partial charge on any atom is -0.315 e. The number of imide groups is 1. The van der Waals surface area contributed by atoms with E-state index in [1.165, 1.54) is 4.90 Å². The molecule has 3 rings (SSSR count). The first kappa shape index (κ1) is 14.3. The lowest BCUT2D eigenvalue weighted by Gasteiger charge is -2.26. The van der Waals surface area contributed by atoms with Crippen molar-refractivity contribution in [3.05, 3.63) is 60.2 Å². The van der Waals surface area contributed by atoms with Crippen molar-refractivity contribution in [3.63, 3.8) is 0 Å². The summed E-state index contributed by atoms with van der Waals surface area (Å²) >= 11 is 0. The first-order valence-electron chi connectivity index (χ1n) is 7.18. The zero-order chi connectivity index (χ0) is 15.4. The number of carbonyl (C=O) groups excluding carboxylic acids is 2. The maximum absolute atomic E-state index is 12.7. The van der Waals surface area contributed by atoms with Crippen molar-refractivity contribution in [1.82, 2.24) is 20.2 Å². The smallest absolute Gasteiger partial charge is 0.279 e. The van der Waals surface area contributed by atoms with E-state index in [1.54, 1.807) is 48.8 Å². The van der Waals surface area contributed by atoms with E-state index in [1.807, 2.05) is 0 Å². The van der Waals surface area contributed by atoms with Crippen molar-refractivity contribution in [2.24, 2.45) is 0 Å². The Hall–Kier alpha value is -2.60. The molecule has 0 spiro atoms. The molecule has 22 heavy (non-hydrogen) atoms. The van der Waals surface area contributed by atoms with Gasteiger partial charge in [0.2, 0.25) is 0 Å². The molecule has 3 heterocycles. The standard InChI is InChI=1S/C16H16N4O2/c21-15(13-5-1-3-8-18-13)20(12-7-10-17-11-12)16(22)14-6-2-4-9-19-14/h1-6,8-9,12,17H,7,10-11H2. The van der Waals surface area contributed by atoms with Crippen LogP contribution in [0.5, 0.6) is 0 Å². The van der Waals surface area contributed by atoms with Gasteiger partial charge >= 0.3 is 0 Å². The van der Waals surface area contributed by atoms with Crippen LogP contribution in [0.2, 0.25) is 0 Å². The summed E-state index contributed by atoms with van der Waals surface area (Å²) in [7, 11) is 0. The van der Waals surface area contributed by atoms with Gasteiger partial charge < -0.3 is 5.32 Å². The Balaban J connectivity index is 1.94. The molecule has 0 aliphatic carbocycles. The monoisotopic (exact) mass is 296 g/mol. The highest BCUT2D eigenvalue weighted by Gasteiger charge is 2.34. The summed E-state index contributed by atoms with van der Waals surface area (Å²) < 4.78 is 0. The summed E-state index contributed by atoms with van der Waals surface area (Å²) in [6.45, 7) is 1.38. The first-order valence-corrected chi connectivity index (χ1v) is 7.18. The fourth-order valence-electron chi connectivity index (χ4n) is 2.51. The van der Waals surface area contributed by atoms with Crippen LogP contribution < -0.4 is 5.32 Å². The molecular formula is C16H16N4O2. The third-order valence-corrected chi connectivity index (χ3v) is 3.61. The number of carbonyl (C=O) groups is 2. The Morgan fingerprint density at radius 1 is 1.00 bits per heavy atom. The van der Waals surface area contributed by atoms with Gasteiger partial charge in [0.1, 0.15) is 11.4 Å². The van der Waals surface area contributed by atoms with E-state index in [9.17, 15) is 9.59 Å². The maximum atomic E-state index is 12.7. The van der Waals surface area contributed by atoms with E-state index in [-0.39, 0.29) is 29.2 Å². The summed E-state index contributed by atoms with van der Waals surface area (Å²) in [4.78, 5) is 34.9. The fraction of sp³-hybridized carbons (Fsp3) is 0.250. The van der Waals surface area contributed by atoms with Gasteiger partial charge in [-0.3, -0.25) is 24.5 Å². The highest BCUT2D eigenvalue weighted by Crippen LogP contribution is 2.15. The fourth-order valence-corrected chi connectivity index (χ4v) is 2.51. The lowest BCUT2D eigenvalue weighted by Crippen LogP contribution is -2.46. The summed E-state index contributed by atoms with van der Waals surface area (Å²) in [6.07, 6.45) is 3.82. The Morgan fingerprint density at radius 3 is 2.00 bits per heavy atom. The Kier molecular flexibility index (Phi) is 4.20. The third kappa shape index (κ3) is 2.87. The summed E-state index contributed by atoms with van der Waals surface area (Å²) in [5.41, 5.74) is 0.525. The molecule has 112 valence electrons. The van der Waals surface area contributed by atoms with Crippen molar-refractivity contribution in [3.8, 4) is 0 Å². The van der Waals surface area contributed by atoms with Gasteiger partial charge in [0.05, 0.1) is 6.04 Å². The van der Waals surface area contributed by atoms with E-state index < -0.39 is 0 Å². The van der Waals surface area contributed by atoms with Crippen LogP contribution in [-0.4, -0.2) is 45.8 Å². The molecular weight excluding hydrogens is 280 g/mol. The quantitative estimate of drug-likeness (QED) is 0.859. The number of amides is 2. The van der Waals surface area contributed by atoms with Crippen LogP contribution in [0.15, 0.2) is 48.8 Å². The molecule has 0 radical (unpaired) electrons. The van der Waals surface area contributed by atoms with E-state index >= 15 is 0 Å². The number of nitrogens with one attached hydrogen (secondary N) is 1. The number of nitrogens with zero attached hydrogens (tertiary/aromatic N) is 3. The molecule has 6 nitrogen and oxygen atoms in total.